The maximum atomic E-state index is 3.38. The van der Waals surface area contributed by atoms with Crippen LogP contribution in [-0.4, -0.2) is 4.98 Å². The molecule has 0 aromatic carbocycles. The van der Waals surface area contributed by atoms with Crippen LogP contribution in [0.1, 0.15) is 71.2 Å². The van der Waals surface area contributed by atoms with Gasteiger partial charge in [0.2, 0.25) is 0 Å². The minimum atomic E-state index is 0.625. The lowest BCUT2D eigenvalue weighted by Gasteiger charge is -2.12. The number of rotatable bonds is 6. The van der Waals surface area contributed by atoms with Crippen LogP contribution in [0.3, 0.4) is 0 Å². The second-order valence-corrected chi connectivity index (χ2v) is 4.55. The standard InChI is InChI=1S/C13H24N2/c1-5-7-8-12(4)15-10-9-14-13(15)11(3)6-2/h9-12H,5-8H2,1-4H3/p+1. The van der Waals surface area contributed by atoms with Crippen molar-refractivity contribution in [1.82, 2.24) is 4.98 Å². The Balaban J connectivity index is 2.71. The predicted molar refractivity (Wildman–Crippen MR) is 63.9 cm³/mol. The van der Waals surface area contributed by atoms with Crippen LogP contribution < -0.4 is 4.57 Å². The lowest BCUT2D eigenvalue weighted by Crippen LogP contribution is -2.40. The lowest BCUT2D eigenvalue weighted by molar-refractivity contribution is -0.727. The number of hydrogen-bond acceptors (Lipinski definition) is 0. The van der Waals surface area contributed by atoms with Crippen LogP contribution in [0.15, 0.2) is 12.4 Å². The molecule has 1 heterocycles. The van der Waals surface area contributed by atoms with Crippen LogP contribution in [0.5, 0.6) is 0 Å². The molecule has 1 aromatic rings. The highest BCUT2D eigenvalue weighted by atomic mass is 15.1. The molecule has 0 aliphatic heterocycles. The van der Waals surface area contributed by atoms with Crippen LogP contribution in [0.2, 0.25) is 0 Å². The van der Waals surface area contributed by atoms with Gasteiger partial charge in [-0.25, -0.2) is 9.55 Å². The zero-order valence-corrected chi connectivity index (χ0v) is 10.6. The van der Waals surface area contributed by atoms with Crippen molar-refractivity contribution in [3.63, 3.8) is 0 Å². The third kappa shape index (κ3) is 3.08. The monoisotopic (exact) mass is 209 g/mol. The summed E-state index contributed by atoms with van der Waals surface area (Å²) in [6, 6.07) is 0.625. The normalized spacial score (nSPS) is 15.2. The molecule has 2 unspecified atom stereocenters. The van der Waals surface area contributed by atoms with E-state index in [0.717, 1.165) is 0 Å². The van der Waals surface area contributed by atoms with Gasteiger partial charge in [-0.15, -0.1) is 0 Å². The van der Waals surface area contributed by atoms with E-state index in [2.05, 4.69) is 49.6 Å². The van der Waals surface area contributed by atoms with Crippen LogP contribution in [0.25, 0.3) is 0 Å². The first kappa shape index (κ1) is 12.3. The summed E-state index contributed by atoms with van der Waals surface area (Å²) in [5.74, 6) is 2.00. The molecule has 0 fully saturated rings. The van der Waals surface area contributed by atoms with Gasteiger partial charge in [0.05, 0.1) is 12.0 Å². The molecule has 86 valence electrons. The number of nitrogens with zero attached hydrogens (tertiary/aromatic N) is 1. The van der Waals surface area contributed by atoms with Gasteiger partial charge in [-0.05, 0) is 26.2 Å². The van der Waals surface area contributed by atoms with E-state index < -0.39 is 0 Å². The maximum Gasteiger partial charge on any atom is 0.257 e. The first-order chi connectivity index (χ1) is 7.20. The van der Waals surface area contributed by atoms with E-state index in [4.69, 9.17) is 0 Å². The molecular weight excluding hydrogens is 184 g/mol. The van der Waals surface area contributed by atoms with E-state index in [9.17, 15) is 0 Å². The van der Waals surface area contributed by atoms with E-state index in [1.165, 1.54) is 31.5 Å². The smallest absolute Gasteiger partial charge is 0.247 e. The van der Waals surface area contributed by atoms with E-state index >= 15 is 0 Å². The van der Waals surface area contributed by atoms with Gasteiger partial charge in [0.15, 0.2) is 0 Å². The van der Waals surface area contributed by atoms with Crippen molar-refractivity contribution in [2.24, 2.45) is 0 Å². The summed E-state index contributed by atoms with van der Waals surface area (Å²) >= 11 is 0. The van der Waals surface area contributed by atoms with Crippen LogP contribution in [0.4, 0.5) is 0 Å². The van der Waals surface area contributed by atoms with Crippen molar-refractivity contribution >= 4 is 0 Å². The Bertz CT molecular complexity index is 278. The molecule has 0 amide bonds. The number of hydrogen-bond donors (Lipinski definition) is 1. The van der Waals surface area contributed by atoms with Crippen molar-refractivity contribution < 1.29 is 4.57 Å². The average molecular weight is 209 g/mol. The Kier molecular flexibility index (Phi) is 4.86. The third-order valence-electron chi connectivity index (χ3n) is 3.27. The Hall–Kier alpha value is -0.790. The van der Waals surface area contributed by atoms with Crippen molar-refractivity contribution in [3.05, 3.63) is 18.2 Å². The number of aromatic nitrogens is 2. The lowest BCUT2D eigenvalue weighted by atomic mass is 10.1. The van der Waals surface area contributed by atoms with Crippen molar-refractivity contribution in [3.8, 4) is 0 Å². The molecule has 0 saturated carbocycles. The fourth-order valence-electron chi connectivity index (χ4n) is 1.97. The number of aromatic amines is 1. The van der Waals surface area contributed by atoms with Gasteiger partial charge in [0.25, 0.3) is 5.82 Å². The molecule has 0 aliphatic rings. The molecule has 1 rings (SSSR count). The van der Waals surface area contributed by atoms with Crippen molar-refractivity contribution in [2.45, 2.75) is 65.3 Å². The van der Waals surface area contributed by atoms with Gasteiger partial charge < -0.3 is 0 Å². The molecule has 15 heavy (non-hydrogen) atoms. The molecule has 0 bridgehead atoms. The second-order valence-electron chi connectivity index (χ2n) is 4.55. The van der Waals surface area contributed by atoms with Gasteiger partial charge in [0, 0.05) is 0 Å². The molecule has 0 radical (unpaired) electrons. The molecule has 1 N–H and O–H groups in total. The molecule has 2 heteroatoms. The quantitative estimate of drug-likeness (QED) is 0.691. The molecule has 2 nitrogen and oxygen atoms in total. The van der Waals surface area contributed by atoms with E-state index in [1.54, 1.807) is 0 Å². The minimum absolute atomic E-state index is 0.625. The van der Waals surface area contributed by atoms with Gasteiger partial charge in [-0.3, -0.25) is 0 Å². The van der Waals surface area contributed by atoms with Crippen molar-refractivity contribution in [1.29, 1.82) is 0 Å². The van der Waals surface area contributed by atoms with Crippen LogP contribution in [0, 0.1) is 0 Å². The second kappa shape index (κ2) is 5.94. The number of unbranched alkanes of at least 4 members (excludes halogenated alkanes) is 1. The fourth-order valence-corrected chi connectivity index (χ4v) is 1.97. The fraction of sp³-hybridized carbons (Fsp3) is 0.769. The first-order valence-electron chi connectivity index (χ1n) is 6.29. The maximum absolute atomic E-state index is 3.38. The SMILES string of the molecule is CCCCC(C)[n+]1cc[nH]c1C(C)CC. The number of imidazole rings is 1. The van der Waals surface area contributed by atoms with E-state index in [0.29, 0.717) is 12.0 Å². The van der Waals surface area contributed by atoms with Gasteiger partial charge >= 0.3 is 0 Å². The number of nitrogens with one attached hydrogen (secondary N) is 1. The zero-order valence-electron chi connectivity index (χ0n) is 10.6. The highest BCUT2D eigenvalue weighted by molar-refractivity contribution is 4.86. The summed E-state index contributed by atoms with van der Waals surface area (Å²) in [5.41, 5.74) is 0. The van der Waals surface area contributed by atoms with Crippen LogP contribution in [-0.2, 0) is 0 Å². The molecule has 0 saturated heterocycles. The largest absolute Gasteiger partial charge is 0.257 e. The van der Waals surface area contributed by atoms with Gasteiger partial charge in [-0.1, -0.05) is 27.2 Å². The topological polar surface area (TPSA) is 19.7 Å². The van der Waals surface area contributed by atoms with Crippen molar-refractivity contribution in [2.75, 3.05) is 0 Å². The molecule has 0 spiro atoms. The number of H-pyrrole nitrogens is 1. The van der Waals surface area contributed by atoms with E-state index in [-0.39, 0.29) is 0 Å². The van der Waals surface area contributed by atoms with Gasteiger partial charge in [-0.2, -0.15) is 0 Å². The molecular formula is C13H25N2+. The first-order valence-corrected chi connectivity index (χ1v) is 6.29. The third-order valence-corrected chi connectivity index (χ3v) is 3.27. The van der Waals surface area contributed by atoms with Crippen LogP contribution >= 0.6 is 0 Å². The summed E-state index contributed by atoms with van der Waals surface area (Å²) in [7, 11) is 0. The minimum Gasteiger partial charge on any atom is -0.247 e. The Morgan fingerprint density at radius 1 is 1.33 bits per heavy atom. The zero-order chi connectivity index (χ0) is 11.3. The summed E-state index contributed by atoms with van der Waals surface area (Å²) in [5, 5.41) is 0. The Labute approximate surface area is 93.7 Å². The highest BCUT2D eigenvalue weighted by Gasteiger charge is 2.20. The molecule has 2 atom stereocenters. The predicted octanol–water partition coefficient (Wildman–Crippen LogP) is 3.57. The summed E-state index contributed by atoms with van der Waals surface area (Å²) in [6.45, 7) is 9.10. The molecule has 1 aromatic heterocycles. The summed E-state index contributed by atoms with van der Waals surface area (Å²) < 4.78 is 2.41. The Morgan fingerprint density at radius 2 is 2.07 bits per heavy atom. The Morgan fingerprint density at radius 3 is 2.67 bits per heavy atom. The van der Waals surface area contributed by atoms with E-state index in [1.807, 2.05) is 0 Å². The summed E-state index contributed by atoms with van der Waals surface area (Å²) in [6.07, 6.45) is 9.32. The average Bonchev–Trinajstić information content (AvgIpc) is 2.73. The summed E-state index contributed by atoms with van der Waals surface area (Å²) in [4.78, 5) is 3.38. The molecule has 0 aliphatic carbocycles. The highest BCUT2D eigenvalue weighted by Crippen LogP contribution is 2.16. The van der Waals surface area contributed by atoms with Gasteiger partial charge in [0.1, 0.15) is 12.4 Å².